The molecule has 1 N–H and O–H groups in total. The maximum Gasteiger partial charge on any atom is 0.341 e. The Hall–Kier alpha value is -2.58. The van der Waals surface area contributed by atoms with Crippen molar-refractivity contribution in [2.24, 2.45) is 0 Å². The molecule has 0 saturated carbocycles. The Morgan fingerprint density at radius 2 is 2.12 bits per heavy atom. The summed E-state index contributed by atoms with van der Waals surface area (Å²) in [4.78, 5) is 25.2. The van der Waals surface area contributed by atoms with Crippen LogP contribution in [0, 0.1) is 0 Å². The normalized spacial score (nSPS) is 15.8. The summed E-state index contributed by atoms with van der Waals surface area (Å²) >= 11 is 6.47. The molecule has 0 unspecified atom stereocenters. The Labute approximate surface area is 153 Å². The number of rotatable bonds is 6. The van der Waals surface area contributed by atoms with Gasteiger partial charge in [-0.3, -0.25) is 9.69 Å². The van der Waals surface area contributed by atoms with E-state index in [2.05, 4.69) is 0 Å². The van der Waals surface area contributed by atoms with E-state index in [1.165, 1.54) is 16.7 Å². The summed E-state index contributed by atoms with van der Waals surface area (Å²) in [6.45, 7) is -0.184. The monoisotopic (exact) mass is 375 g/mol. The molecule has 1 aromatic carbocycles. The quantitative estimate of drug-likeness (QED) is 0.614. The van der Waals surface area contributed by atoms with Gasteiger partial charge in [-0.25, -0.2) is 4.79 Å². The summed E-state index contributed by atoms with van der Waals surface area (Å²) in [6, 6.07) is 10.4. The Morgan fingerprint density at radius 1 is 1.32 bits per heavy atom. The first kappa shape index (κ1) is 17.2. The van der Waals surface area contributed by atoms with Gasteiger partial charge in [0.1, 0.15) is 15.8 Å². The van der Waals surface area contributed by atoms with E-state index in [4.69, 9.17) is 26.5 Å². The third-order valence-electron chi connectivity index (χ3n) is 3.32. The Kier molecular flexibility index (Phi) is 5.20. The third-order valence-corrected chi connectivity index (χ3v) is 4.70. The SMILES string of the molecule is O=C(O)COc1ccccc1/C=C1\SC(=S)N(Cc2ccco2)C1=O. The first-order chi connectivity index (χ1) is 12.0. The fourth-order valence-corrected chi connectivity index (χ4v) is 3.45. The molecule has 8 heteroatoms. The van der Waals surface area contributed by atoms with E-state index in [1.807, 2.05) is 0 Å². The molecule has 3 rings (SSSR count). The minimum Gasteiger partial charge on any atom is -0.481 e. The van der Waals surface area contributed by atoms with Crippen molar-refractivity contribution in [2.75, 3.05) is 6.61 Å². The Morgan fingerprint density at radius 3 is 2.84 bits per heavy atom. The first-order valence-electron chi connectivity index (χ1n) is 7.26. The van der Waals surface area contributed by atoms with Crippen molar-refractivity contribution in [1.29, 1.82) is 0 Å². The molecule has 1 aromatic heterocycles. The lowest BCUT2D eigenvalue weighted by Gasteiger charge is -2.12. The number of furan rings is 1. The zero-order valence-corrected chi connectivity index (χ0v) is 14.5. The third kappa shape index (κ3) is 4.09. The highest BCUT2D eigenvalue weighted by Crippen LogP contribution is 2.35. The molecule has 2 heterocycles. The summed E-state index contributed by atoms with van der Waals surface area (Å²) in [5, 5.41) is 8.75. The molecule has 1 aliphatic rings. The lowest BCUT2D eigenvalue weighted by Crippen LogP contribution is -2.27. The van der Waals surface area contributed by atoms with E-state index in [9.17, 15) is 9.59 Å². The van der Waals surface area contributed by atoms with Crippen LogP contribution in [-0.2, 0) is 16.1 Å². The van der Waals surface area contributed by atoms with Gasteiger partial charge in [0.25, 0.3) is 5.91 Å². The number of carbonyl (C=O) groups excluding carboxylic acids is 1. The number of thiocarbonyl (C=S) groups is 1. The van der Waals surface area contributed by atoms with Crippen LogP contribution >= 0.6 is 24.0 Å². The molecule has 1 saturated heterocycles. The van der Waals surface area contributed by atoms with Crippen LogP contribution in [0.25, 0.3) is 6.08 Å². The summed E-state index contributed by atoms with van der Waals surface area (Å²) in [7, 11) is 0. The molecule has 25 heavy (non-hydrogen) atoms. The number of thioether (sulfide) groups is 1. The molecule has 0 bridgehead atoms. The topological polar surface area (TPSA) is 80.0 Å². The van der Waals surface area contributed by atoms with Gasteiger partial charge in [-0.2, -0.15) is 0 Å². The maximum absolute atomic E-state index is 12.6. The van der Waals surface area contributed by atoms with Gasteiger partial charge in [-0.1, -0.05) is 42.2 Å². The smallest absolute Gasteiger partial charge is 0.341 e. The van der Waals surface area contributed by atoms with E-state index in [0.29, 0.717) is 26.3 Å². The van der Waals surface area contributed by atoms with Crippen molar-refractivity contribution < 1.29 is 23.8 Å². The summed E-state index contributed by atoms with van der Waals surface area (Å²) in [6.07, 6.45) is 3.19. The van der Waals surface area contributed by atoms with Gasteiger partial charge < -0.3 is 14.3 Å². The van der Waals surface area contributed by atoms with Crippen LogP contribution in [0.15, 0.2) is 52.0 Å². The molecule has 1 fully saturated rings. The van der Waals surface area contributed by atoms with Crippen molar-refractivity contribution in [2.45, 2.75) is 6.54 Å². The van der Waals surface area contributed by atoms with Gasteiger partial charge in [0.15, 0.2) is 6.61 Å². The van der Waals surface area contributed by atoms with Crippen LogP contribution in [0.2, 0.25) is 0 Å². The highest BCUT2D eigenvalue weighted by Gasteiger charge is 2.32. The van der Waals surface area contributed by atoms with E-state index in [1.54, 1.807) is 48.7 Å². The van der Waals surface area contributed by atoms with Crippen LogP contribution < -0.4 is 4.74 Å². The van der Waals surface area contributed by atoms with Crippen molar-refractivity contribution >= 4 is 46.3 Å². The highest BCUT2D eigenvalue weighted by atomic mass is 32.2. The van der Waals surface area contributed by atoms with Crippen LogP contribution in [0.4, 0.5) is 0 Å². The number of ether oxygens (including phenoxy) is 1. The minimum atomic E-state index is -1.07. The van der Waals surface area contributed by atoms with Gasteiger partial charge >= 0.3 is 5.97 Å². The van der Waals surface area contributed by atoms with E-state index < -0.39 is 12.6 Å². The second-order valence-electron chi connectivity index (χ2n) is 5.07. The van der Waals surface area contributed by atoms with Gasteiger partial charge in [0.2, 0.25) is 0 Å². The number of amides is 1. The van der Waals surface area contributed by atoms with Crippen LogP contribution in [0.5, 0.6) is 5.75 Å². The lowest BCUT2D eigenvalue weighted by molar-refractivity contribution is -0.139. The fourth-order valence-electron chi connectivity index (χ4n) is 2.21. The van der Waals surface area contributed by atoms with Crippen LogP contribution in [-0.4, -0.2) is 32.8 Å². The molecule has 0 spiro atoms. The van der Waals surface area contributed by atoms with E-state index >= 15 is 0 Å². The van der Waals surface area contributed by atoms with Crippen molar-refractivity contribution in [3.63, 3.8) is 0 Å². The number of carbonyl (C=O) groups is 2. The second-order valence-corrected chi connectivity index (χ2v) is 6.74. The van der Waals surface area contributed by atoms with E-state index in [0.717, 1.165) is 0 Å². The van der Waals surface area contributed by atoms with Crippen LogP contribution in [0.3, 0.4) is 0 Å². The number of para-hydroxylation sites is 1. The van der Waals surface area contributed by atoms with Gasteiger partial charge in [0, 0.05) is 5.56 Å². The molecular formula is C17H13NO5S2. The lowest BCUT2D eigenvalue weighted by atomic mass is 10.2. The number of carboxylic acid groups (broad SMARTS) is 1. The Balaban J connectivity index is 1.81. The number of hydrogen-bond donors (Lipinski definition) is 1. The molecule has 1 amide bonds. The molecule has 0 radical (unpaired) electrons. The van der Waals surface area contributed by atoms with Crippen molar-refractivity contribution in [1.82, 2.24) is 4.90 Å². The average Bonchev–Trinajstić information content (AvgIpc) is 3.18. The summed E-state index contributed by atoms with van der Waals surface area (Å²) in [5.41, 5.74) is 0.613. The average molecular weight is 375 g/mol. The molecule has 0 atom stereocenters. The summed E-state index contributed by atoms with van der Waals surface area (Å²) < 4.78 is 11.0. The number of benzene rings is 1. The number of carboxylic acids is 1. The van der Waals surface area contributed by atoms with Crippen LogP contribution in [0.1, 0.15) is 11.3 Å². The number of nitrogens with zero attached hydrogens (tertiary/aromatic N) is 1. The summed E-state index contributed by atoms with van der Waals surface area (Å²) in [5.74, 6) is -0.261. The molecule has 0 aliphatic carbocycles. The van der Waals surface area contributed by atoms with Crippen molar-refractivity contribution in [3.05, 3.63) is 58.9 Å². The molecule has 6 nitrogen and oxygen atoms in total. The molecular weight excluding hydrogens is 362 g/mol. The number of hydrogen-bond acceptors (Lipinski definition) is 6. The fraction of sp³-hybridized carbons (Fsp3) is 0.118. The maximum atomic E-state index is 12.6. The molecule has 1 aliphatic heterocycles. The minimum absolute atomic E-state index is 0.223. The van der Waals surface area contributed by atoms with Gasteiger partial charge in [0.05, 0.1) is 17.7 Å². The molecule has 128 valence electrons. The number of aliphatic carboxylic acids is 1. The van der Waals surface area contributed by atoms with Gasteiger partial charge in [-0.15, -0.1) is 0 Å². The predicted octanol–water partition coefficient (Wildman–Crippen LogP) is 3.14. The largest absolute Gasteiger partial charge is 0.481 e. The zero-order chi connectivity index (χ0) is 17.8. The Bertz CT molecular complexity index is 844. The predicted molar refractivity (Wildman–Crippen MR) is 97.0 cm³/mol. The zero-order valence-electron chi connectivity index (χ0n) is 12.9. The van der Waals surface area contributed by atoms with E-state index in [-0.39, 0.29) is 12.5 Å². The van der Waals surface area contributed by atoms with Gasteiger partial charge in [-0.05, 0) is 24.3 Å². The second kappa shape index (κ2) is 7.54. The molecule has 2 aromatic rings. The highest BCUT2D eigenvalue weighted by molar-refractivity contribution is 8.26. The van der Waals surface area contributed by atoms with Crippen molar-refractivity contribution in [3.8, 4) is 5.75 Å². The first-order valence-corrected chi connectivity index (χ1v) is 8.48. The standard InChI is InChI=1S/C17H13NO5S2/c19-15(20)10-23-13-6-2-1-4-11(13)8-14-16(21)18(17(24)25-14)9-12-5-3-7-22-12/h1-8H,9-10H2,(H,19,20)/b14-8-.